The predicted molar refractivity (Wildman–Crippen MR) is 80.3 cm³/mol. The molecule has 0 heterocycles. The van der Waals surface area contributed by atoms with Gasteiger partial charge in [-0.1, -0.05) is 17.7 Å². The topological polar surface area (TPSA) is 33.3 Å². The van der Waals surface area contributed by atoms with E-state index in [1.165, 1.54) is 11.1 Å². The molecule has 100 valence electrons. The van der Waals surface area contributed by atoms with Crippen LogP contribution in [0, 0.1) is 6.92 Å². The Hall–Kier alpha value is -1.29. The van der Waals surface area contributed by atoms with E-state index in [1.54, 1.807) is 7.11 Å². The smallest absolute Gasteiger partial charge is 0.166 e. The summed E-state index contributed by atoms with van der Waals surface area (Å²) >= 11 is 5.18. The molecule has 18 heavy (non-hydrogen) atoms. The zero-order chi connectivity index (χ0) is 13.5. The van der Waals surface area contributed by atoms with Gasteiger partial charge in [-0.15, -0.1) is 0 Å². The highest BCUT2D eigenvalue weighted by molar-refractivity contribution is 7.80. The number of hydrogen-bond donors (Lipinski definition) is 2. The maximum absolute atomic E-state index is 5.35. The Kier molecular flexibility index (Phi) is 5.92. The lowest BCUT2D eigenvalue weighted by Gasteiger charge is -2.14. The molecule has 1 aromatic carbocycles. The highest BCUT2D eigenvalue weighted by atomic mass is 32.1. The minimum atomic E-state index is 0.360. The molecule has 0 amide bonds. The number of benzene rings is 1. The van der Waals surface area contributed by atoms with Gasteiger partial charge in [-0.3, -0.25) is 0 Å². The van der Waals surface area contributed by atoms with Gasteiger partial charge in [-0.2, -0.15) is 0 Å². The minimum absolute atomic E-state index is 0.360. The van der Waals surface area contributed by atoms with E-state index in [1.807, 2.05) is 6.07 Å². The first-order valence-electron chi connectivity index (χ1n) is 6.21. The molecule has 0 radical (unpaired) electrons. The highest BCUT2D eigenvalue weighted by Crippen LogP contribution is 2.19. The van der Waals surface area contributed by atoms with Crippen molar-refractivity contribution in [2.75, 3.05) is 13.7 Å². The summed E-state index contributed by atoms with van der Waals surface area (Å²) in [4.78, 5) is 0. The maximum Gasteiger partial charge on any atom is 0.166 e. The summed E-state index contributed by atoms with van der Waals surface area (Å²) in [5.74, 6) is 0.935. The number of methoxy groups -OCH3 is 1. The highest BCUT2D eigenvalue weighted by Gasteiger charge is 2.04. The van der Waals surface area contributed by atoms with Gasteiger partial charge in [0.1, 0.15) is 5.75 Å². The quantitative estimate of drug-likeness (QED) is 0.802. The maximum atomic E-state index is 5.35. The summed E-state index contributed by atoms with van der Waals surface area (Å²) in [6.07, 6.45) is 0.894. The van der Waals surface area contributed by atoms with Gasteiger partial charge in [-0.05, 0) is 51.0 Å². The minimum Gasteiger partial charge on any atom is -0.496 e. The van der Waals surface area contributed by atoms with Crippen LogP contribution in [0.25, 0.3) is 0 Å². The molecule has 0 fully saturated rings. The van der Waals surface area contributed by atoms with Crippen molar-refractivity contribution in [2.45, 2.75) is 33.2 Å². The molecule has 0 aliphatic carbocycles. The molecule has 0 atom stereocenters. The lowest BCUT2D eigenvalue weighted by Crippen LogP contribution is -2.40. The molecule has 0 unspecified atom stereocenters. The van der Waals surface area contributed by atoms with Crippen LogP contribution < -0.4 is 15.4 Å². The Balaban J connectivity index is 2.48. The molecule has 1 rings (SSSR count). The molecular formula is C14H22N2OS. The number of ether oxygens (including phenoxy) is 1. The standard InChI is InChI=1S/C14H22N2OS/c1-10(2)16-14(18)15-8-7-12-9-11(3)5-6-13(12)17-4/h5-6,9-10H,7-8H2,1-4H3,(H2,15,16,18). The summed E-state index contributed by atoms with van der Waals surface area (Å²) in [7, 11) is 1.70. The SMILES string of the molecule is COc1ccc(C)cc1CCNC(=S)NC(C)C. The number of rotatable bonds is 5. The van der Waals surface area contributed by atoms with Crippen molar-refractivity contribution in [1.82, 2.24) is 10.6 Å². The molecule has 0 aromatic heterocycles. The van der Waals surface area contributed by atoms with Crippen LogP contribution in [0.15, 0.2) is 18.2 Å². The van der Waals surface area contributed by atoms with Gasteiger partial charge in [0.25, 0.3) is 0 Å². The van der Waals surface area contributed by atoms with Crippen LogP contribution in [0.1, 0.15) is 25.0 Å². The fourth-order valence-electron chi connectivity index (χ4n) is 1.73. The summed E-state index contributed by atoms with van der Waals surface area (Å²) in [5, 5.41) is 7.06. The fourth-order valence-corrected chi connectivity index (χ4v) is 2.06. The van der Waals surface area contributed by atoms with Gasteiger partial charge in [0.15, 0.2) is 5.11 Å². The first kappa shape index (κ1) is 14.8. The Bertz CT molecular complexity index is 405. The molecule has 0 spiro atoms. The van der Waals surface area contributed by atoms with E-state index >= 15 is 0 Å². The Morgan fingerprint density at radius 1 is 1.39 bits per heavy atom. The van der Waals surface area contributed by atoms with Gasteiger partial charge < -0.3 is 15.4 Å². The van der Waals surface area contributed by atoms with Crippen molar-refractivity contribution in [2.24, 2.45) is 0 Å². The van der Waals surface area contributed by atoms with Crippen LogP contribution in [0.2, 0.25) is 0 Å². The lowest BCUT2D eigenvalue weighted by atomic mass is 10.1. The van der Waals surface area contributed by atoms with Crippen LogP contribution in [0.5, 0.6) is 5.75 Å². The van der Waals surface area contributed by atoms with Gasteiger partial charge in [0.05, 0.1) is 7.11 Å². The second kappa shape index (κ2) is 7.21. The molecular weight excluding hydrogens is 244 g/mol. The van der Waals surface area contributed by atoms with Crippen molar-refractivity contribution in [3.8, 4) is 5.75 Å². The van der Waals surface area contributed by atoms with Crippen molar-refractivity contribution in [1.29, 1.82) is 0 Å². The monoisotopic (exact) mass is 266 g/mol. The van der Waals surface area contributed by atoms with E-state index in [0.717, 1.165) is 18.7 Å². The summed E-state index contributed by atoms with van der Waals surface area (Å²) < 4.78 is 5.35. The first-order chi connectivity index (χ1) is 8.52. The van der Waals surface area contributed by atoms with Crippen molar-refractivity contribution in [3.63, 3.8) is 0 Å². The van der Waals surface area contributed by atoms with Crippen LogP contribution in [-0.4, -0.2) is 24.8 Å². The molecule has 3 nitrogen and oxygen atoms in total. The zero-order valence-corrected chi connectivity index (χ0v) is 12.4. The van der Waals surface area contributed by atoms with Crippen LogP contribution in [-0.2, 0) is 6.42 Å². The molecule has 0 bridgehead atoms. The second-order valence-electron chi connectivity index (χ2n) is 4.62. The van der Waals surface area contributed by atoms with Crippen LogP contribution >= 0.6 is 12.2 Å². The number of hydrogen-bond acceptors (Lipinski definition) is 2. The van der Waals surface area contributed by atoms with E-state index in [0.29, 0.717) is 11.2 Å². The predicted octanol–water partition coefficient (Wildman–Crippen LogP) is 2.42. The zero-order valence-electron chi connectivity index (χ0n) is 11.5. The Morgan fingerprint density at radius 3 is 2.72 bits per heavy atom. The number of aryl methyl sites for hydroxylation is 1. The third-order valence-electron chi connectivity index (χ3n) is 2.54. The lowest BCUT2D eigenvalue weighted by molar-refractivity contribution is 0.409. The summed E-state index contributed by atoms with van der Waals surface area (Å²) in [5.41, 5.74) is 2.45. The Labute approximate surface area is 115 Å². The fraction of sp³-hybridized carbons (Fsp3) is 0.500. The van der Waals surface area contributed by atoms with E-state index in [-0.39, 0.29) is 0 Å². The van der Waals surface area contributed by atoms with Crippen molar-refractivity contribution in [3.05, 3.63) is 29.3 Å². The van der Waals surface area contributed by atoms with E-state index < -0.39 is 0 Å². The number of nitrogens with one attached hydrogen (secondary N) is 2. The average Bonchev–Trinajstić information content (AvgIpc) is 2.28. The van der Waals surface area contributed by atoms with Gasteiger partial charge >= 0.3 is 0 Å². The molecule has 0 saturated carbocycles. The largest absolute Gasteiger partial charge is 0.496 e. The molecule has 4 heteroatoms. The van der Waals surface area contributed by atoms with Gasteiger partial charge in [0.2, 0.25) is 0 Å². The molecule has 0 saturated heterocycles. The molecule has 1 aromatic rings. The van der Waals surface area contributed by atoms with E-state index in [2.05, 4.69) is 43.5 Å². The Morgan fingerprint density at radius 2 is 2.11 bits per heavy atom. The van der Waals surface area contributed by atoms with E-state index in [9.17, 15) is 0 Å². The average molecular weight is 266 g/mol. The van der Waals surface area contributed by atoms with Crippen molar-refractivity contribution < 1.29 is 4.74 Å². The third-order valence-corrected chi connectivity index (χ3v) is 2.80. The molecule has 2 N–H and O–H groups in total. The van der Waals surface area contributed by atoms with Crippen LogP contribution in [0.4, 0.5) is 0 Å². The normalized spacial score (nSPS) is 10.3. The van der Waals surface area contributed by atoms with Crippen LogP contribution in [0.3, 0.4) is 0 Å². The van der Waals surface area contributed by atoms with Crippen molar-refractivity contribution >= 4 is 17.3 Å². The van der Waals surface area contributed by atoms with Gasteiger partial charge in [-0.25, -0.2) is 0 Å². The summed E-state index contributed by atoms with van der Waals surface area (Å²) in [6.45, 7) is 7.02. The molecule has 0 aliphatic heterocycles. The first-order valence-corrected chi connectivity index (χ1v) is 6.61. The van der Waals surface area contributed by atoms with Gasteiger partial charge in [0, 0.05) is 12.6 Å². The number of thiocarbonyl (C=S) groups is 1. The summed E-state index contributed by atoms with van der Waals surface area (Å²) in [6, 6.07) is 6.58. The second-order valence-corrected chi connectivity index (χ2v) is 5.03. The van der Waals surface area contributed by atoms with E-state index in [4.69, 9.17) is 17.0 Å². The third kappa shape index (κ3) is 4.92. The molecule has 0 aliphatic rings.